The van der Waals surface area contributed by atoms with Gasteiger partial charge in [-0.3, -0.25) is 0 Å². The van der Waals surface area contributed by atoms with Crippen LogP contribution < -0.4 is 9.81 Å². The molecular weight excluding hydrogens is 432 g/mol. The van der Waals surface area contributed by atoms with Crippen molar-refractivity contribution in [2.75, 3.05) is 0 Å². The summed E-state index contributed by atoms with van der Waals surface area (Å²) in [6, 6.07) is 7.03. The maximum atomic E-state index is 13.1. The second-order valence-electron chi connectivity index (χ2n) is 5.25. The Morgan fingerprint density at radius 2 is 1.74 bits per heavy atom. The number of hydrogen-bond acceptors (Lipinski definition) is 5. The van der Waals surface area contributed by atoms with Crippen molar-refractivity contribution in [3.63, 3.8) is 0 Å². The quantitative estimate of drug-likeness (QED) is 0.430. The molecule has 2 aromatic carbocycles. The maximum absolute atomic E-state index is 13.1. The zero-order chi connectivity index (χ0) is 20.0. The van der Waals surface area contributed by atoms with Crippen LogP contribution in [-0.4, -0.2) is 8.42 Å². The third-order valence-electron chi connectivity index (χ3n) is 3.39. The van der Waals surface area contributed by atoms with Gasteiger partial charge >= 0.3 is 21.9 Å². The highest BCUT2D eigenvalue weighted by molar-refractivity contribution is 7.87. The average molecular weight is 439 g/mol. The Morgan fingerprint density at radius 1 is 1.04 bits per heavy atom. The third kappa shape index (κ3) is 4.05. The van der Waals surface area contributed by atoms with E-state index in [1.54, 1.807) is 0 Å². The molecule has 1 aromatic heterocycles. The summed E-state index contributed by atoms with van der Waals surface area (Å²) >= 11 is 11.6. The number of halogens is 5. The molecule has 0 bridgehead atoms. The topological polar surface area (TPSA) is 73.6 Å². The zero-order valence-electron chi connectivity index (χ0n) is 12.9. The minimum Gasteiger partial charge on any atom is -0.423 e. The first-order valence-corrected chi connectivity index (χ1v) is 9.18. The smallest absolute Gasteiger partial charge is 0.417 e. The lowest BCUT2D eigenvalue weighted by atomic mass is 10.1. The Morgan fingerprint density at radius 3 is 2.37 bits per heavy atom. The first-order valence-electron chi connectivity index (χ1n) is 7.02. The van der Waals surface area contributed by atoms with Crippen LogP contribution in [0.1, 0.15) is 5.56 Å². The van der Waals surface area contributed by atoms with Gasteiger partial charge in [0.05, 0.1) is 10.6 Å². The van der Waals surface area contributed by atoms with E-state index < -0.39 is 49.2 Å². The second kappa shape index (κ2) is 6.74. The van der Waals surface area contributed by atoms with Gasteiger partial charge in [0.1, 0.15) is 10.5 Å². The third-order valence-corrected chi connectivity index (χ3v) is 5.15. The van der Waals surface area contributed by atoms with E-state index in [2.05, 4.69) is 0 Å². The molecule has 0 saturated carbocycles. The summed E-state index contributed by atoms with van der Waals surface area (Å²) in [5, 5.41) is -0.808. The van der Waals surface area contributed by atoms with E-state index in [-0.39, 0.29) is 16.0 Å². The van der Waals surface area contributed by atoms with E-state index in [9.17, 15) is 26.4 Å². The molecule has 0 aliphatic heterocycles. The molecule has 11 heteroatoms. The lowest BCUT2D eigenvalue weighted by molar-refractivity contribution is -0.136. The van der Waals surface area contributed by atoms with Gasteiger partial charge in [0, 0.05) is 22.5 Å². The molecule has 0 N–H and O–H groups in total. The van der Waals surface area contributed by atoms with Crippen molar-refractivity contribution in [3.05, 3.63) is 68.5 Å². The highest BCUT2D eigenvalue weighted by atomic mass is 35.5. The Hall–Kier alpha value is -2.23. The Balaban J connectivity index is 2.14. The zero-order valence-corrected chi connectivity index (χ0v) is 15.2. The SMILES string of the molecule is O=c1cc(C(F)(F)F)c2cc(Cl)c(OS(=O)(=O)c3cccc(Cl)c3)cc2o1. The van der Waals surface area contributed by atoms with E-state index in [4.69, 9.17) is 31.8 Å². The van der Waals surface area contributed by atoms with Crippen LogP contribution in [0.25, 0.3) is 11.0 Å². The summed E-state index contributed by atoms with van der Waals surface area (Å²) in [5.74, 6) is -0.508. The molecule has 3 rings (SSSR count). The van der Waals surface area contributed by atoms with Crippen LogP contribution >= 0.6 is 23.2 Å². The fourth-order valence-corrected chi connectivity index (χ4v) is 3.74. The molecule has 0 amide bonds. The van der Waals surface area contributed by atoms with Gasteiger partial charge in [-0.2, -0.15) is 21.6 Å². The van der Waals surface area contributed by atoms with Gasteiger partial charge in [-0.15, -0.1) is 0 Å². The normalized spacial score (nSPS) is 12.3. The molecule has 0 radical (unpaired) electrons. The maximum Gasteiger partial charge on any atom is 0.417 e. The van der Waals surface area contributed by atoms with Crippen LogP contribution in [0.3, 0.4) is 0 Å². The van der Waals surface area contributed by atoms with Gasteiger partial charge < -0.3 is 8.60 Å². The van der Waals surface area contributed by atoms with Gasteiger partial charge in [0.25, 0.3) is 0 Å². The van der Waals surface area contributed by atoms with Crippen molar-refractivity contribution < 1.29 is 30.2 Å². The van der Waals surface area contributed by atoms with Gasteiger partial charge in [0.2, 0.25) is 0 Å². The number of hydrogen-bond donors (Lipinski definition) is 0. The summed E-state index contributed by atoms with van der Waals surface area (Å²) in [6.07, 6.45) is -4.84. The molecule has 3 aromatic rings. The first-order chi connectivity index (χ1) is 12.5. The van der Waals surface area contributed by atoms with Crippen molar-refractivity contribution in [2.45, 2.75) is 11.1 Å². The number of alkyl halides is 3. The van der Waals surface area contributed by atoms with Crippen molar-refractivity contribution in [2.24, 2.45) is 0 Å². The van der Waals surface area contributed by atoms with Crippen LogP contribution in [-0.2, 0) is 16.3 Å². The van der Waals surface area contributed by atoms with E-state index in [0.29, 0.717) is 0 Å². The van der Waals surface area contributed by atoms with Gasteiger partial charge in [-0.05, 0) is 24.3 Å². The minimum absolute atomic E-state index is 0.130. The second-order valence-corrected chi connectivity index (χ2v) is 7.64. The summed E-state index contributed by atoms with van der Waals surface area (Å²) in [6.45, 7) is 0. The van der Waals surface area contributed by atoms with E-state index >= 15 is 0 Å². The molecular formula is C16H7Cl2F3O5S. The predicted molar refractivity (Wildman–Crippen MR) is 91.8 cm³/mol. The van der Waals surface area contributed by atoms with Crippen LogP contribution in [0, 0.1) is 0 Å². The van der Waals surface area contributed by atoms with E-state index in [1.807, 2.05) is 0 Å². The largest absolute Gasteiger partial charge is 0.423 e. The fraction of sp³-hybridized carbons (Fsp3) is 0.0625. The van der Waals surface area contributed by atoms with Crippen LogP contribution in [0.5, 0.6) is 5.75 Å². The van der Waals surface area contributed by atoms with Crippen LogP contribution in [0.4, 0.5) is 13.2 Å². The van der Waals surface area contributed by atoms with Crippen molar-refractivity contribution in [1.29, 1.82) is 0 Å². The molecule has 0 aliphatic carbocycles. The van der Waals surface area contributed by atoms with Crippen molar-refractivity contribution in [1.82, 2.24) is 0 Å². The number of rotatable bonds is 3. The summed E-state index contributed by atoms with van der Waals surface area (Å²) in [7, 11) is -4.39. The Labute approximate surface area is 160 Å². The molecule has 0 atom stereocenters. The average Bonchev–Trinajstić information content (AvgIpc) is 2.54. The van der Waals surface area contributed by atoms with Crippen LogP contribution in [0.2, 0.25) is 10.0 Å². The molecule has 1 heterocycles. The standard InChI is InChI=1S/C16H7Cl2F3O5S/c17-8-2-1-3-9(4-8)27(23,24)26-14-7-13-10(5-12(14)18)11(16(19,20)21)6-15(22)25-13/h1-7H. The van der Waals surface area contributed by atoms with Crippen molar-refractivity contribution in [3.8, 4) is 5.75 Å². The molecule has 5 nitrogen and oxygen atoms in total. The monoisotopic (exact) mass is 438 g/mol. The predicted octanol–water partition coefficient (Wildman–Crippen LogP) is 4.89. The minimum atomic E-state index is -4.84. The molecule has 27 heavy (non-hydrogen) atoms. The van der Waals surface area contributed by atoms with Crippen molar-refractivity contribution >= 4 is 44.3 Å². The molecule has 0 aliphatic rings. The number of fused-ring (bicyclic) bond motifs is 1. The van der Waals surface area contributed by atoms with Gasteiger partial charge in [0.15, 0.2) is 5.75 Å². The molecule has 142 valence electrons. The summed E-state index contributed by atoms with van der Waals surface area (Å²) in [5.41, 5.74) is -3.06. The lowest BCUT2D eigenvalue weighted by Gasteiger charge is -2.12. The lowest BCUT2D eigenvalue weighted by Crippen LogP contribution is -2.12. The fourth-order valence-electron chi connectivity index (χ4n) is 2.25. The number of benzene rings is 2. The highest BCUT2D eigenvalue weighted by Gasteiger charge is 2.34. The summed E-state index contributed by atoms with van der Waals surface area (Å²) in [4.78, 5) is 11.1. The Bertz CT molecular complexity index is 1200. The van der Waals surface area contributed by atoms with E-state index in [1.165, 1.54) is 18.2 Å². The molecule has 0 fully saturated rings. The molecule has 0 saturated heterocycles. The van der Waals surface area contributed by atoms with Gasteiger partial charge in [-0.25, -0.2) is 4.79 Å². The molecule has 0 spiro atoms. The highest BCUT2D eigenvalue weighted by Crippen LogP contribution is 2.38. The summed E-state index contributed by atoms with van der Waals surface area (Å²) < 4.78 is 73.5. The Kier molecular flexibility index (Phi) is 4.87. The first kappa shape index (κ1) is 19.5. The van der Waals surface area contributed by atoms with E-state index in [0.717, 1.165) is 18.2 Å². The van der Waals surface area contributed by atoms with Gasteiger partial charge in [-0.1, -0.05) is 29.3 Å². The van der Waals surface area contributed by atoms with Crippen LogP contribution in [0.15, 0.2) is 56.6 Å². The molecule has 0 unspecified atom stereocenters.